The number of rotatable bonds is 8. The number of hydrogen-bond acceptors (Lipinski definition) is 7. The summed E-state index contributed by atoms with van der Waals surface area (Å²) in [5.74, 6) is -0.328. The molecular formula is C20H25N3O4S2. The topological polar surface area (TPSA) is 97.4 Å². The van der Waals surface area contributed by atoms with Gasteiger partial charge in [0, 0.05) is 18.2 Å². The number of para-hydroxylation sites is 1. The lowest BCUT2D eigenvalue weighted by Gasteiger charge is -2.15. The first-order chi connectivity index (χ1) is 14.0. The molecule has 1 unspecified atom stereocenters. The van der Waals surface area contributed by atoms with Crippen molar-refractivity contribution in [3.8, 4) is 0 Å². The number of ether oxygens (including phenoxy) is 1. The van der Waals surface area contributed by atoms with Crippen LogP contribution in [0, 0.1) is 0 Å². The van der Waals surface area contributed by atoms with Crippen LogP contribution in [0.25, 0.3) is 10.2 Å². The molecule has 3 rings (SSSR count). The van der Waals surface area contributed by atoms with Crippen molar-refractivity contribution in [2.45, 2.75) is 61.9 Å². The molecule has 2 N–H and O–H groups in total. The average Bonchev–Trinajstić information content (AvgIpc) is 3.34. The van der Waals surface area contributed by atoms with E-state index in [0.717, 1.165) is 46.0 Å². The minimum absolute atomic E-state index is 0.119. The van der Waals surface area contributed by atoms with Gasteiger partial charge in [-0.15, -0.1) is 11.3 Å². The van der Waals surface area contributed by atoms with Gasteiger partial charge in [0.05, 0.1) is 10.2 Å². The number of hydrogen-bond donors (Lipinski definition) is 2. The monoisotopic (exact) mass is 435 g/mol. The Morgan fingerprint density at radius 2 is 2.03 bits per heavy atom. The highest BCUT2D eigenvalue weighted by atomic mass is 32.2. The zero-order chi connectivity index (χ0) is 20.6. The van der Waals surface area contributed by atoms with Gasteiger partial charge in [-0.2, -0.15) is 0 Å². The molecule has 1 aliphatic rings. The van der Waals surface area contributed by atoms with Crippen molar-refractivity contribution in [3.63, 3.8) is 0 Å². The summed E-state index contributed by atoms with van der Waals surface area (Å²) in [7, 11) is 0. The molecule has 0 saturated heterocycles. The van der Waals surface area contributed by atoms with Gasteiger partial charge in [-0.25, -0.2) is 9.78 Å². The molecule has 1 atom stereocenters. The maximum atomic E-state index is 12.0. The maximum absolute atomic E-state index is 12.0. The van der Waals surface area contributed by atoms with Gasteiger partial charge >= 0.3 is 12.0 Å². The van der Waals surface area contributed by atoms with E-state index in [4.69, 9.17) is 4.74 Å². The summed E-state index contributed by atoms with van der Waals surface area (Å²) in [4.78, 5) is 40.3. The molecule has 29 heavy (non-hydrogen) atoms. The standard InChI is InChI=1S/C20H25N3O4S2/c1-13(18(25)23-19(26)21-14-7-2-3-8-14)27-17(24)11-6-12-28-20-22-15-9-4-5-10-16(15)29-20/h4-5,9-10,13-14H,2-3,6-8,11-12H2,1H3,(H2,21,23,25,26). The van der Waals surface area contributed by atoms with E-state index in [1.54, 1.807) is 23.1 Å². The Balaban J connectivity index is 1.31. The number of aromatic nitrogens is 1. The SMILES string of the molecule is CC(OC(=O)CCCSc1nc2ccccc2s1)C(=O)NC(=O)NC1CCCC1. The van der Waals surface area contributed by atoms with Gasteiger partial charge in [-0.05, 0) is 38.3 Å². The van der Waals surface area contributed by atoms with Crippen molar-refractivity contribution in [3.05, 3.63) is 24.3 Å². The second-order valence-electron chi connectivity index (χ2n) is 6.98. The summed E-state index contributed by atoms with van der Waals surface area (Å²) in [6, 6.07) is 7.55. The van der Waals surface area contributed by atoms with Crippen LogP contribution in [0.2, 0.25) is 0 Å². The molecule has 7 nitrogen and oxygen atoms in total. The number of thiazole rings is 1. The predicted molar refractivity (Wildman–Crippen MR) is 114 cm³/mol. The number of imide groups is 1. The van der Waals surface area contributed by atoms with Crippen molar-refractivity contribution in [2.24, 2.45) is 0 Å². The van der Waals surface area contributed by atoms with E-state index in [9.17, 15) is 14.4 Å². The summed E-state index contributed by atoms with van der Waals surface area (Å²) in [5, 5.41) is 5.00. The van der Waals surface area contributed by atoms with Crippen LogP contribution >= 0.6 is 23.1 Å². The van der Waals surface area contributed by atoms with E-state index in [-0.39, 0.29) is 12.5 Å². The first-order valence-electron chi connectivity index (χ1n) is 9.80. The zero-order valence-electron chi connectivity index (χ0n) is 16.3. The third-order valence-corrected chi connectivity index (χ3v) is 6.90. The third-order valence-electron chi connectivity index (χ3n) is 4.63. The predicted octanol–water partition coefficient (Wildman–Crippen LogP) is 3.87. The van der Waals surface area contributed by atoms with E-state index in [2.05, 4.69) is 15.6 Å². The Kier molecular flexibility index (Phi) is 7.88. The Hall–Kier alpha value is -2.13. The van der Waals surface area contributed by atoms with Gasteiger partial charge < -0.3 is 10.1 Å². The first kappa shape index (κ1) is 21.6. The van der Waals surface area contributed by atoms with Crippen LogP contribution in [-0.4, -0.2) is 40.8 Å². The third kappa shape index (κ3) is 6.71. The van der Waals surface area contributed by atoms with Crippen LogP contribution in [0.4, 0.5) is 4.79 Å². The van der Waals surface area contributed by atoms with E-state index in [1.165, 1.54) is 6.92 Å². The second kappa shape index (κ2) is 10.6. The molecule has 1 heterocycles. The minimum atomic E-state index is -1.01. The van der Waals surface area contributed by atoms with Crippen LogP contribution in [0.3, 0.4) is 0 Å². The van der Waals surface area contributed by atoms with Gasteiger partial charge in [0.2, 0.25) is 0 Å². The van der Waals surface area contributed by atoms with Crippen LogP contribution in [0.1, 0.15) is 45.4 Å². The lowest BCUT2D eigenvalue weighted by molar-refractivity contribution is -0.154. The number of nitrogens with one attached hydrogen (secondary N) is 2. The molecule has 0 aliphatic heterocycles. The molecule has 3 amide bonds. The Morgan fingerprint density at radius 1 is 1.28 bits per heavy atom. The van der Waals surface area contributed by atoms with Crippen LogP contribution in [-0.2, 0) is 14.3 Å². The molecule has 0 radical (unpaired) electrons. The molecule has 2 aromatic rings. The van der Waals surface area contributed by atoms with Crippen LogP contribution < -0.4 is 10.6 Å². The number of carbonyl (C=O) groups excluding carboxylic acids is 3. The normalized spacial score (nSPS) is 15.2. The van der Waals surface area contributed by atoms with Gasteiger partial charge in [-0.1, -0.05) is 36.7 Å². The largest absolute Gasteiger partial charge is 0.453 e. The molecule has 1 aromatic heterocycles. The van der Waals surface area contributed by atoms with Crippen molar-refractivity contribution in [1.82, 2.24) is 15.6 Å². The molecule has 1 aliphatic carbocycles. The van der Waals surface area contributed by atoms with Crippen molar-refractivity contribution < 1.29 is 19.1 Å². The molecule has 156 valence electrons. The molecule has 1 saturated carbocycles. The number of nitrogens with zero attached hydrogens (tertiary/aromatic N) is 1. The summed E-state index contributed by atoms with van der Waals surface area (Å²) in [6.07, 6.45) is 3.87. The number of thioether (sulfide) groups is 1. The summed E-state index contributed by atoms with van der Waals surface area (Å²) < 4.78 is 7.25. The van der Waals surface area contributed by atoms with Crippen molar-refractivity contribution in [1.29, 1.82) is 0 Å². The lowest BCUT2D eigenvalue weighted by atomic mass is 10.2. The van der Waals surface area contributed by atoms with E-state index >= 15 is 0 Å². The highest BCUT2D eigenvalue weighted by Gasteiger charge is 2.22. The number of amides is 3. The summed E-state index contributed by atoms with van der Waals surface area (Å²) in [5.41, 5.74) is 0.983. The fourth-order valence-corrected chi connectivity index (χ4v) is 5.18. The Morgan fingerprint density at radius 3 is 2.79 bits per heavy atom. The smallest absolute Gasteiger partial charge is 0.321 e. The summed E-state index contributed by atoms with van der Waals surface area (Å²) >= 11 is 3.24. The summed E-state index contributed by atoms with van der Waals surface area (Å²) in [6.45, 7) is 1.46. The zero-order valence-corrected chi connectivity index (χ0v) is 17.9. The number of fused-ring (bicyclic) bond motifs is 1. The van der Waals surface area contributed by atoms with Crippen molar-refractivity contribution in [2.75, 3.05) is 5.75 Å². The van der Waals surface area contributed by atoms with Gasteiger partial charge in [0.1, 0.15) is 0 Å². The highest BCUT2D eigenvalue weighted by molar-refractivity contribution is 8.01. The van der Waals surface area contributed by atoms with Crippen molar-refractivity contribution >= 4 is 51.2 Å². The molecule has 1 fully saturated rings. The Bertz CT molecular complexity index is 831. The number of urea groups is 1. The highest BCUT2D eigenvalue weighted by Crippen LogP contribution is 2.29. The lowest BCUT2D eigenvalue weighted by Crippen LogP contribution is -2.47. The van der Waals surface area contributed by atoms with Gasteiger partial charge in [0.25, 0.3) is 5.91 Å². The maximum Gasteiger partial charge on any atom is 0.321 e. The Labute approximate surface area is 178 Å². The minimum Gasteiger partial charge on any atom is -0.453 e. The van der Waals surface area contributed by atoms with Gasteiger partial charge in [0.15, 0.2) is 10.4 Å². The first-order valence-corrected chi connectivity index (χ1v) is 11.6. The average molecular weight is 436 g/mol. The number of benzene rings is 1. The van der Waals surface area contributed by atoms with Crippen LogP contribution in [0.5, 0.6) is 0 Å². The number of esters is 1. The van der Waals surface area contributed by atoms with E-state index in [0.29, 0.717) is 6.42 Å². The second-order valence-corrected chi connectivity index (χ2v) is 9.35. The molecule has 9 heteroatoms. The van der Waals surface area contributed by atoms with Crippen LogP contribution in [0.15, 0.2) is 28.6 Å². The molecule has 1 aromatic carbocycles. The van der Waals surface area contributed by atoms with Gasteiger partial charge in [-0.3, -0.25) is 14.9 Å². The van der Waals surface area contributed by atoms with E-state index in [1.807, 2.05) is 24.3 Å². The fraction of sp³-hybridized carbons (Fsp3) is 0.500. The molecular weight excluding hydrogens is 410 g/mol. The van der Waals surface area contributed by atoms with E-state index < -0.39 is 24.0 Å². The molecule has 0 bridgehead atoms. The molecule has 0 spiro atoms. The fourth-order valence-electron chi connectivity index (χ4n) is 3.10. The quantitative estimate of drug-likeness (QED) is 0.371. The number of carbonyl (C=O) groups is 3.